The molecular weight excluding hydrogens is 430 g/mol. The molecule has 4 atom stereocenters. The zero-order valence-corrected chi connectivity index (χ0v) is 18.9. The minimum Gasteiger partial charge on any atom is -0.494 e. The van der Waals surface area contributed by atoms with Gasteiger partial charge in [0.2, 0.25) is 5.91 Å². The molecule has 1 aromatic heterocycles. The van der Waals surface area contributed by atoms with Gasteiger partial charge in [0.1, 0.15) is 16.3 Å². The van der Waals surface area contributed by atoms with Crippen molar-refractivity contribution in [2.24, 2.45) is 23.7 Å². The molecule has 4 rings (SSSR count). The number of thiophene rings is 1. The quantitative estimate of drug-likeness (QED) is 0.558. The fourth-order valence-corrected chi connectivity index (χ4v) is 6.15. The van der Waals surface area contributed by atoms with Gasteiger partial charge in [0.15, 0.2) is 0 Å². The SMILES string of the molecule is CCOC(=O)c1c(-c2ccc(OCC)cc2)csc1NC(=O)[C@H]1[C@@H]2CC[C@H](C2)[C@@H]1C(=O)O. The highest BCUT2D eigenvalue weighted by Gasteiger charge is 2.54. The summed E-state index contributed by atoms with van der Waals surface area (Å²) in [5.74, 6) is -2.12. The van der Waals surface area contributed by atoms with Gasteiger partial charge in [-0.15, -0.1) is 11.3 Å². The maximum Gasteiger partial charge on any atom is 0.341 e. The Morgan fingerprint density at radius 2 is 1.75 bits per heavy atom. The number of ether oxygens (including phenoxy) is 2. The summed E-state index contributed by atoms with van der Waals surface area (Å²) < 4.78 is 10.8. The first kappa shape index (κ1) is 22.3. The standard InChI is InChI=1S/C24H27NO6S/c1-3-30-16-9-7-13(8-10-16)17-12-32-22(20(17)24(29)31-4-2)25-21(26)18-14-5-6-15(11-14)19(18)23(27)28/h7-10,12,14-15,18-19H,3-6,11H2,1-2H3,(H,25,26)(H,27,28)/t14-,15-,18+,19+/m1/s1. The molecule has 2 N–H and O–H groups in total. The predicted molar refractivity (Wildman–Crippen MR) is 121 cm³/mol. The van der Waals surface area contributed by atoms with Crippen molar-refractivity contribution in [2.45, 2.75) is 33.1 Å². The van der Waals surface area contributed by atoms with E-state index >= 15 is 0 Å². The maximum atomic E-state index is 13.2. The number of rotatable bonds is 8. The molecule has 7 nitrogen and oxygen atoms in total. The molecule has 1 aromatic carbocycles. The third kappa shape index (κ3) is 4.11. The monoisotopic (exact) mass is 457 g/mol. The molecule has 2 aromatic rings. The molecule has 2 aliphatic carbocycles. The van der Waals surface area contributed by atoms with Gasteiger partial charge >= 0.3 is 11.9 Å². The summed E-state index contributed by atoms with van der Waals surface area (Å²) in [6.45, 7) is 4.40. The fourth-order valence-electron chi connectivity index (χ4n) is 5.18. The topological polar surface area (TPSA) is 102 Å². The van der Waals surface area contributed by atoms with Crippen LogP contribution in [0.3, 0.4) is 0 Å². The molecule has 2 aliphatic rings. The summed E-state index contributed by atoms with van der Waals surface area (Å²) in [4.78, 5) is 37.8. The lowest BCUT2D eigenvalue weighted by Crippen LogP contribution is -2.37. The summed E-state index contributed by atoms with van der Waals surface area (Å²) in [6.07, 6.45) is 2.52. The van der Waals surface area contributed by atoms with Crippen LogP contribution in [-0.2, 0) is 14.3 Å². The molecule has 2 saturated carbocycles. The Kier molecular flexibility index (Phi) is 6.50. The fraction of sp³-hybridized carbons (Fsp3) is 0.458. The van der Waals surface area contributed by atoms with Crippen LogP contribution in [0.5, 0.6) is 5.75 Å². The van der Waals surface area contributed by atoms with E-state index in [0.29, 0.717) is 22.7 Å². The van der Waals surface area contributed by atoms with Gasteiger partial charge in [0, 0.05) is 10.9 Å². The van der Waals surface area contributed by atoms with Crippen LogP contribution >= 0.6 is 11.3 Å². The van der Waals surface area contributed by atoms with Crippen LogP contribution in [0.1, 0.15) is 43.5 Å². The predicted octanol–water partition coefficient (Wildman–Crippen LogP) is 4.68. The molecule has 2 bridgehead atoms. The van der Waals surface area contributed by atoms with Crippen molar-refractivity contribution in [3.63, 3.8) is 0 Å². The van der Waals surface area contributed by atoms with Gasteiger partial charge in [-0.25, -0.2) is 4.79 Å². The summed E-state index contributed by atoms with van der Waals surface area (Å²) >= 11 is 1.24. The number of carboxylic acids is 1. The van der Waals surface area contributed by atoms with Gasteiger partial charge in [-0.1, -0.05) is 12.1 Å². The molecule has 0 spiro atoms. The zero-order valence-electron chi connectivity index (χ0n) is 18.1. The zero-order chi connectivity index (χ0) is 22.8. The smallest absolute Gasteiger partial charge is 0.341 e. The van der Waals surface area contributed by atoms with Crippen molar-refractivity contribution in [2.75, 3.05) is 18.5 Å². The summed E-state index contributed by atoms with van der Waals surface area (Å²) in [6, 6.07) is 7.38. The van der Waals surface area contributed by atoms with Gasteiger partial charge in [-0.05, 0) is 62.6 Å². The van der Waals surface area contributed by atoms with E-state index in [0.717, 1.165) is 30.6 Å². The molecule has 1 heterocycles. The largest absolute Gasteiger partial charge is 0.494 e. The number of carbonyl (C=O) groups excluding carboxylic acids is 2. The Morgan fingerprint density at radius 1 is 1.06 bits per heavy atom. The first-order valence-electron chi connectivity index (χ1n) is 11.0. The number of hydrogen-bond acceptors (Lipinski definition) is 6. The molecule has 8 heteroatoms. The van der Waals surface area contributed by atoms with Gasteiger partial charge in [0.25, 0.3) is 0 Å². The van der Waals surface area contributed by atoms with E-state index in [1.165, 1.54) is 11.3 Å². The first-order chi connectivity index (χ1) is 15.4. The minimum atomic E-state index is -0.913. The van der Waals surface area contributed by atoms with Crippen molar-refractivity contribution < 1.29 is 29.0 Å². The average Bonchev–Trinajstić information content (AvgIpc) is 3.49. The summed E-state index contributed by atoms with van der Waals surface area (Å²) in [5, 5.41) is 14.8. The van der Waals surface area contributed by atoms with Crippen molar-refractivity contribution in [1.29, 1.82) is 0 Å². The van der Waals surface area contributed by atoms with E-state index < -0.39 is 23.8 Å². The molecule has 0 aliphatic heterocycles. The second-order valence-corrected chi connectivity index (χ2v) is 9.12. The molecule has 1 amide bonds. The van der Waals surface area contributed by atoms with Crippen molar-refractivity contribution in [3.8, 4) is 16.9 Å². The van der Waals surface area contributed by atoms with E-state index in [-0.39, 0.29) is 24.3 Å². The lowest BCUT2D eigenvalue weighted by Gasteiger charge is -2.27. The number of hydrogen-bond donors (Lipinski definition) is 2. The Bertz CT molecular complexity index is 1010. The van der Waals surface area contributed by atoms with Crippen LogP contribution in [0.25, 0.3) is 11.1 Å². The number of benzene rings is 1. The van der Waals surface area contributed by atoms with E-state index in [1.54, 1.807) is 6.92 Å². The highest BCUT2D eigenvalue weighted by Crippen LogP contribution is 2.53. The first-order valence-corrected chi connectivity index (χ1v) is 11.9. The lowest BCUT2D eigenvalue weighted by molar-refractivity contribution is -0.148. The highest BCUT2D eigenvalue weighted by molar-refractivity contribution is 7.15. The van der Waals surface area contributed by atoms with Gasteiger partial charge < -0.3 is 19.9 Å². The number of carbonyl (C=O) groups is 3. The van der Waals surface area contributed by atoms with Gasteiger partial charge in [0.05, 0.1) is 25.0 Å². The van der Waals surface area contributed by atoms with Crippen LogP contribution in [0.15, 0.2) is 29.6 Å². The van der Waals surface area contributed by atoms with Gasteiger partial charge in [-0.3, -0.25) is 9.59 Å². The van der Waals surface area contributed by atoms with Crippen molar-refractivity contribution in [3.05, 3.63) is 35.2 Å². The normalized spacial score (nSPS) is 23.7. The number of anilines is 1. The molecule has 0 saturated heterocycles. The van der Waals surface area contributed by atoms with E-state index in [2.05, 4.69) is 5.32 Å². The van der Waals surface area contributed by atoms with Gasteiger partial charge in [-0.2, -0.15) is 0 Å². The molecule has 32 heavy (non-hydrogen) atoms. The number of aliphatic carboxylic acids is 1. The second-order valence-electron chi connectivity index (χ2n) is 8.24. The second kappa shape index (κ2) is 9.32. The third-order valence-electron chi connectivity index (χ3n) is 6.49. The molecule has 0 radical (unpaired) electrons. The van der Waals surface area contributed by atoms with Crippen LogP contribution in [0.2, 0.25) is 0 Å². The minimum absolute atomic E-state index is 0.0560. The maximum absolute atomic E-state index is 13.2. The number of fused-ring (bicyclic) bond motifs is 2. The number of esters is 1. The van der Waals surface area contributed by atoms with E-state index in [4.69, 9.17) is 9.47 Å². The number of carboxylic acid groups (broad SMARTS) is 1. The molecule has 170 valence electrons. The highest BCUT2D eigenvalue weighted by atomic mass is 32.1. The van der Waals surface area contributed by atoms with E-state index in [1.807, 2.05) is 36.6 Å². The Balaban J connectivity index is 1.63. The van der Waals surface area contributed by atoms with Crippen molar-refractivity contribution >= 4 is 34.2 Å². The lowest BCUT2D eigenvalue weighted by atomic mass is 9.79. The Morgan fingerprint density at radius 3 is 2.38 bits per heavy atom. The Labute approximate surface area is 190 Å². The van der Waals surface area contributed by atoms with Crippen LogP contribution in [0.4, 0.5) is 5.00 Å². The molecule has 2 fully saturated rings. The molecular formula is C24H27NO6S. The van der Waals surface area contributed by atoms with Crippen LogP contribution < -0.4 is 10.1 Å². The Hall–Kier alpha value is -2.87. The van der Waals surface area contributed by atoms with Crippen LogP contribution in [0, 0.1) is 23.7 Å². The third-order valence-corrected chi connectivity index (χ3v) is 7.38. The molecule has 0 unspecified atom stereocenters. The van der Waals surface area contributed by atoms with E-state index in [9.17, 15) is 19.5 Å². The number of nitrogens with one attached hydrogen (secondary N) is 1. The van der Waals surface area contributed by atoms with Crippen LogP contribution in [-0.4, -0.2) is 36.2 Å². The summed E-state index contributed by atoms with van der Waals surface area (Å²) in [7, 11) is 0. The average molecular weight is 458 g/mol. The number of amides is 1. The summed E-state index contributed by atoms with van der Waals surface area (Å²) in [5.41, 5.74) is 1.76. The van der Waals surface area contributed by atoms with Crippen molar-refractivity contribution in [1.82, 2.24) is 0 Å².